The summed E-state index contributed by atoms with van der Waals surface area (Å²) in [4.78, 5) is 10.0. The normalized spacial score (nSPS) is 9.68. The summed E-state index contributed by atoms with van der Waals surface area (Å²) < 4.78 is 24.5. The summed E-state index contributed by atoms with van der Waals surface area (Å²) in [6, 6.07) is 0. The van der Waals surface area contributed by atoms with Crippen LogP contribution in [0.25, 0.3) is 0 Å². The highest BCUT2D eigenvalue weighted by molar-refractivity contribution is 5.65. The average Bonchev–Trinajstić information content (AvgIpc) is 2.39. The van der Waals surface area contributed by atoms with Crippen LogP contribution in [0.1, 0.15) is 20.8 Å². The maximum absolute atomic E-state index is 10.0. The number of methoxy groups -OCH3 is 1. The van der Waals surface area contributed by atoms with Crippen molar-refractivity contribution in [3.63, 3.8) is 0 Å². The predicted octanol–water partition coefficient (Wildman–Crippen LogP) is 1.27. The van der Waals surface area contributed by atoms with E-state index < -0.39 is 0 Å². The molecule has 19 heavy (non-hydrogen) atoms. The Hall–Kier alpha value is -0.690. The Balaban J connectivity index is 0. The van der Waals surface area contributed by atoms with Gasteiger partial charge in [-0.1, -0.05) is 0 Å². The number of hydrogen-bond donors (Lipinski definition) is 0. The van der Waals surface area contributed by atoms with Crippen LogP contribution >= 0.6 is 0 Å². The molecule has 0 aromatic heterocycles. The number of ether oxygens (including phenoxy) is 5. The first-order chi connectivity index (χ1) is 9.18. The van der Waals surface area contributed by atoms with Crippen LogP contribution in [0.2, 0.25) is 0 Å². The van der Waals surface area contributed by atoms with Gasteiger partial charge in [-0.2, -0.15) is 0 Å². The molecule has 0 aliphatic rings. The fourth-order valence-electron chi connectivity index (χ4n) is 0.895. The second-order valence-electron chi connectivity index (χ2n) is 3.34. The van der Waals surface area contributed by atoms with Gasteiger partial charge in [0.1, 0.15) is 6.61 Å². The Morgan fingerprint density at radius 2 is 1.26 bits per heavy atom. The van der Waals surface area contributed by atoms with Crippen LogP contribution in [0.15, 0.2) is 0 Å². The van der Waals surface area contributed by atoms with E-state index in [2.05, 4.69) is 9.47 Å². The van der Waals surface area contributed by atoms with Crippen molar-refractivity contribution < 1.29 is 28.5 Å². The third kappa shape index (κ3) is 26.8. The Morgan fingerprint density at radius 3 is 1.63 bits per heavy atom. The van der Waals surface area contributed by atoms with Gasteiger partial charge in [-0.15, -0.1) is 0 Å². The molecule has 0 amide bonds. The summed E-state index contributed by atoms with van der Waals surface area (Å²) in [5, 5.41) is 0. The molecule has 0 aromatic rings. The largest absolute Gasteiger partial charge is 0.463 e. The van der Waals surface area contributed by atoms with E-state index >= 15 is 0 Å². The monoisotopic (exact) mass is 280 g/mol. The maximum atomic E-state index is 10.0. The van der Waals surface area contributed by atoms with Crippen molar-refractivity contribution in [3.05, 3.63) is 0 Å². The van der Waals surface area contributed by atoms with Gasteiger partial charge in [0, 0.05) is 27.2 Å². The van der Waals surface area contributed by atoms with Crippen molar-refractivity contribution in [1.82, 2.24) is 0 Å². The summed E-state index contributed by atoms with van der Waals surface area (Å²) in [6.07, 6.45) is 0. The summed E-state index contributed by atoms with van der Waals surface area (Å²) >= 11 is 0. The summed E-state index contributed by atoms with van der Waals surface area (Å²) in [7, 11) is 1.56. The molecule has 116 valence electrons. The van der Waals surface area contributed by atoms with E-state index in [0.29, 0.717) is 39.6 Å². The first-order valence-electron chi connectivity index (χ1n) is 6.54. The van der Waals surface area contributed by atoms with Crippen molar-refractivity contribution in [2.45, 2.75) is 20.8 Å². The maximum Gasteiger partial charge on any atom is 0.302 e. The molecular weight excluding hydrogens is 252 g/mol. The lowest BCUT2D eigenvalue weighted by Gasteiger charge is -2.03. The molecule has 0 unspecified atom stereocenters. The standard InChI is InChI=1S/C8H18O3.C5H10O3/c1-3-9-5-7-11-8-6-10-4-2;1-5(6)8-4-3-7-2/h3-8H2,1-2H3;3-4H2,1-2H3. The van der Waals surface area contributed by atoms with Gasteiger partial charge in [-0.25, -0.2) is 0 Å². The first-order valence-corrected chi connectivity index (χ1v) is 6.54. The predicted molar refractivity (Wildman–Crippen MR) is 72.3 cm³/mol. The zero-order valence-electron chi connectivity index (χ0n) is 12.6. The van der Waals surface area contributed by atoms with Gasteiger partial charge in [-0.3, -0.25) is 4.79 Å². The topological polar surface area (TPSA) is 63.2 Å². The number of esters is 1. The van der Waals surface area contributed by atoms with Gasteiger partial charge in [0.15, 0.2) is 0 Å². The summed E-state index contributed by atoms with van der Waals surface area (Å²) in [5.41, 5.74) is 0. The fraction of sp³-hybridized carbons (Fsp3) is 0.923. The highest BCUT2D eigenvalue weighted by atomic mass is 16.6. The summed E-state index contributed by atoms with van der Waals surface area (Å²) in [5.74, 6) is -0.262. The quantitative estimate of drug-likeness (QED) is 0.419. The molecule has 0 rings (SSSR count). The van der Waals surface area contributed by atoms with E-state index in [1.807, 2.05) is 13.8 Å². The molecule has 0 aliphatic heterocycles. The van der Waals surface area contributed by atoms with Crippen LogP contribution < -0.4 is 0 Å². The minimum Gasteiger partial charge on any atom is -0.463 e. The molecule has 0 N–H and O–H groups in total. The third-order valence-corrected chi connectivity index (χ3v) is 1.75. The van der Waals surface area contributed by atoms with Crippen molar-refractivity contribution in [1.29, 1.82) is 0 Å². The van der Waals surface area contributed by atoms with Crippen molar-refractivity contribution in [3.8, 4) is 0 Å². The zero-order chi connectivity index (χ0) is 14.8. The van der Waals surface area contributed by atoms with E-state index in [4.69, 9.17) is 14.2 Å². The van der Waals surface area contributed by atoms with Crippen molar-refractivity contribution in [2.24, 2.45) is 0 Å². The molecule has 0 atom stereocenters. The van der Waals surface area contributed by atoms with Gasteiger partial charge in [-0.05, 0) is 13.8 Å². The molecule has 0 spiro atoms. The van der Waals surface area contributed by atoms with E-state index in [0.717, 1.165) is 13.2 Å². The van der Waals surface area contributed by atoms with Crippen LogP contribution in [-0.2, 0) is 28.5 Å². The number of hydrogen-bond acceptors (Lipinski definition) is 6. The Labute approximate surface area is 116 Å². The second kappa shape index (κ2) is 19.6. The van der Waals surface area contributed by atoms with Gasteiger partial charge in [0.2, 0.25) is 0 Å². The van der Waals surface area contributed by atoms with Crippen LogP contribution in [0.4, 0.5) is 0 Å². The van der Waals surface area contributed by atoms with E-state index in [-0.39, 0.29) is 5.97 Å². The minimum absolute atomic E-state index is 0.262. The van der Waals surface area contributed by atoms with Gasteiger partial charge >= 0.3 is 5.97 Å². The van der Waals surface area contributed by atoms with Crippen LogP contribution in [0.3, 0.4) is 0 Å². The van der Waals surface area contributed by atoms with Crippen molar-refractivity contribution >= 4 is 5.97 Å². The second-order valence-corrected chi connectivity index (χ2v) is 3.34. The molecule has 0 bridgehead atoms. The Morgan fingerprint density at radius 1 is 0.789 bits per heavy atom. The van der Waals surface area contributed by atoms with E-state index in [9.17, 15) is 4.79 Å². The SMILES string of the molecule is CCOCCOCCOCC.COCCOC(C)=O. The smallest absolute Gasteiger partial charge is 0.302 e. The molecule has 0 saturated carbocycles. The van der Waals surface area contributed by atoms with E-state index in [1.165, 1.54) is 6.92 Å². The fourth-order valence-corrected chi connectivity index (χ4v) is 0.895. The van der Waals surface area contributed by atoms with Crippen molar-refractivity contribution in [2.75, 3.05) is 60.0 Å². The lowest BCUT2D eigenvalue weighted by atomic mass is 10.7. The third-order valence-electron chi connectivity index (χ3n) is 1.75. The molecule has 0 aliphatic carbocycles. The minimum atomic E-state index is -0.262. The lowest BCUT2D eigenvalue weighted by Crippen LogP contribution is -2.08. The summed E-state index contributed by atoms with van der Waals surface area (Å²) in [6.45, 7) is 10.4. The van der Waals surface area contributed by atoms with Gasteiger partial charge < -0.3 is 23.7 Å². The van der Waals surface area contributed by atoms with Gasteiger partial charge in [0.25, 0.3) is 0 Å². The molecule has 0 heterocycles. The van der Waals surface area contributed by atoms with Crippen LogP contribution in [0, 0.1) is 0 Å². The van der Waals surface area contributed by atoms with Crippen LogP contribution in [-0.4, -0.2) is 65.9 Å². The molecular formula is C13H28O6. The Bertz CT molecular complexity index is 167. The highest BCUT2D eigenvalue weighted by Crippen LogP contribution is 1.79. The Kier molecular flexibility index (Phi) is 21.3. The molecule has 0 saturated heterocycles. The molecule has 0 radical (unpaired) electrons. The molecule has 6 nitrogen and oxygen atoms in total. The molecule has 0 fully saturated rings. The van der Waals surface area contributed by atoms with E-state index in [1.54, 1.807) is 7.11 Å². The zero-order valence-corrected chi connectivity index (χ0v) is 12.6. The lowest BCUT2D eigenvalue weighted by molar-refractivity contribution is -0.142. The molecule has 6 heteroatoms. The number of carbonyl (C=O) groups excluding carboxylic acids is 1. The number of rotatable bonds is 11. The van der Waals surface area contributed by atoms with Gasteiger partial charge in [0.05, 0.1) is 33.0 Å². The average molecular weight is 280 g/mol. The van der Waals surface area contributed by atoms with Crippen LogP contribution in [0.5, 0.6) is 0 Å². The molecule has 0 aromatic carbocycles. The number of carbonyl (C=O) groups is 1. The highest BCUT2D eigenvalue weighted by Gasteiger charge is 1.88. The first kappa shape index (κ1) is 20.6.